The van der Waals surface area contributed by atoms with Crippen LogP contribution in [0.25, 0.3) is 0 Å². The molecule has 1 saturated heterocycles. The molecule has 0 N–H and O–H groups in total. The summed E-state index contributed by atoms with van der Waals surface area (Å²) in [6.45, 7) is 3.24. The van der Waals surface area contributed by atoms with Crippen LogP contribution in [0.15, 0.2) is 123 Å². The summed E-state index contributed by atoms with van der Waals surface area (Å²) in [6, 6.07) is 33.1. The molecule has 6 rings (SSSR count). The zero-order chi connectivity index (χ0) is 26.8. The van der Waals surface area contributed by atoms with Gasteiger partial charge in [0.2, 0.25) is 0 Å². The van der Waals surface area contributed by atoms with Crippen LogP contribution in [-0.4, -0.2) is 22.5 Å². The van der Waals surface area contributed by atoms with E-state index in [2.05, 4.69) is 11.8 Å². The van der Waals surface area contributed by atoms with E-state index in [1.807, 2.05) is 103 Å². The summed E-state index contributed by atoms with van der Waals surface area (Å²) < 4.78 is 5.93. The van der Waals surface area contributed by atoms with Crippen molar-refractivity contribution in [2.24, 2.45) is 4.99 Å². The molecule has 194 valence electrons. The van der Waals surface area contributed by atoms with E-state index < -0.39 is 0 Å². The fourth-order valence-corrected chi connectivity index (χ4v) is 6.92. The molecule has 0 saturated carbocycles. The van der Waals surface area contributed by atoms with Gasteiger partial charge in [-0.3, -0.25) is 9.69 Å². The quantitative estimate of drug-likeness (QED) is 0.217. The second kappa shape index (κ2) is 11.2. The number of hydrogen-bond donors (Lipinski definition) is 0. The van der Waals surface area contributed by atoms with E-state index in [1.54, 1.807) is 16.7 Å². The summed E-state index contributed by atoms with van der Waals surface area (Å²) in [5.41, 5.74) is 2.81. The van der Waals surface area contributed by atoms with E-state index in [9.17, 15) is 4.79 Å². The largest absolute Gasteiger partial charge is 0.457 e. The highest BCUT2D eigenvalue weighted by molar-refractivity contribution is 8.19. The van der Waals surface area contributed by atoms with Gasteiger partial charge in [-0.1, -0.05) is 71.9 Å². The van der Waals surface area contributed by atoms with Crippen LogP contribution in [0, 0.1) is 0 Å². The third-order valence-electron chi connectivity index (χ3n) is 6.26. The van der Waals surface area contributed by atoms with Crippen LogP contribution in [0.3, 0.4) is 0 Å². The van der Waals surface area contributed by atoms with Crippen molar-refractivity contribution in [3.8, 4) is 11.5 Å². The van der Waals surface area contributed by atoms with Gasteiger partial charge in [-0.15, -0.1) is 0 Å². The third kappa shape index (κ3) is 5.43. The molecule has 5 nitrogen and oxygen atoms in total. The second-order valence-corrected chi connectivity index (χ2v) is 11.3. The summed E-state index contributed by atoms with van der Waals surface area (Å²) in [5.74, 6) is 1.45. The summed E-state index contributed by atoms with van der Waals surface area (Å²) in [6.07, 6.45) is 0. The molecule has 2 heterocycles. The average molecular weight is 570 g/mol. The predicted octanol–water partition coefficient (Wildman–Crippen LogP) is 8.70. The van der Waals surface area contributed by atoms with Crippen LogP contribution in [-0.2, 0) is 11.3 Å². The maximum absolute atomic E-state index is 13.9. The Kier molecular flexibility index (Phi) is 7.37. The molecule has 4 aromatic carbocycles. The smallest absolute Gasteiger partial charge is 0.269 e. The van der Waals surface area contributed by atoms with Gasteiger partial charge >= 0.3 is 0 Å². The first-order chi connectivity index (χ1) is 19.1. The monoisotopic (exact) mass is 569 g/mol. The van der Waals surface area contributed by atoms with Gasteiger partial charge in [0.25, 0.3) is 5.91 Å². The topological polar surface area (TPSA) is 45.1 Å². The summed E-state index contributed by atoms with van der Waals surface area (Å²) in [7, 11) is 0. The van der Waals surface area contributed by atoms with Gasteiger partial charge in [-0.25, -0.2) is 4.99 Å². The Labute approximate surface area is 241 Å². The molecule has 1 fully saturated rings. The number of aliphatic imine (C=N–C) groups is 1. The average Bonchev–Trinajstić information content (AvgIpc) is 3.47. The van der Waals surface area contributed by atoms with Gasteiger partial charge in [0.1, 0.15) is 21.4 Å². The number of carbonyl (C=O) groups excluding carboxylic acids is 1. The first-order valence-corrected chi connectivity index (χ1v) is 14.5. The molecule has 1 amide bonds. The molecule has 0 radical (unpaired) electrons. The minimum Gasteiger partial charge on any atom is -0.457 e. The number of fused-ring (bicyclic) bond motifs is 1. The number of carbonyl (C=O) groups is 1. The number of ether oxygens (including phenoxy) is 1. The zero-order valence-corrected chi connectivity index (χ0v) is 23.5. The molecule has 39 heavy (non-hydrogen) atoms. The highest BCUT2D eigenvalue weighted by Crippen LogP contribution is 2.51. The van der Waals surface area contributed by atoms with Crippen molar-refractivity contribution in [2.75, 3.05) is 11.4 Å². The number of para-hydroxylation sites is 1. The molecule has 0 spiro atoms. The Morgan fingerprint density at radius 3 is 2.23 bits per heavy atom. The van der Waals surface area contributed by atoms with Crippen LogP contribution in [0.2, 0.25) is 5.02 Å². The molecule has 2 aliphatic rings. The Bertz CT molecular complexity index is 1570. The molecule has 4 aromatic rings. The minimum atomic E-state index is -0.0495. The molecular weight excluding hydrogens is 546 g/mol. The summed E-state index contributed by atoms with van der Waals surface area (Å²) in [4.78, 5) is 24.5. The van der Waals surface area contributed by atoms with Crippen molar-refractivity contribution < 1.29 is 9.53 Å². The lowest BCUT2D eigenvalue weighted by Gasteiger charge is -2.19. The maximum Gasteiger partial charge on any atom is 0.269 e. The number of nitrogens with zero attached hydrogens (tertiary/aromatic N) is 3. The number of amidine groups is 1. The van der Waals surface area contributed by atoms with Crippen LogP contribution < -0.4 is 9.64 Å². The molecule has 0 bridgehead atoms. The number of thioether (sulfide) groups is 2. The lowest BCUT2D eigenvalue weighted by atomic mass is 10.2. The van der Waals surface area contributed by atoms with E-state index in [0.717, 1.165) is 44.9 Å². The summed E-state index contributed by atoms with van der Waals surface area (Å²) in [5, 5.41) is 2.24. The Morgan fingerprint density at radius 1 is 0.821 bits per heavy atom. The normalized spacial score (nSPS) is 17.7. The molecule has 2 aliphatic heterocycles. The van der Waals surface area contributed by atoms with Crippen molar-refractivity contribution in [1.29, 1.82) is 0 Å². The Hall–Kier alpha value is -3.65. The van der Waals surface area contributed by atoms with Gasteiger partial charge in [0.05, 0.1) is 17.9 Å². The fraction of sp³-hybridized carbons (Fsp3) is 0.0968. The zero-order valence-electron chi connectivity index (χ0n) is 21.1. The fourth-order valence-electron chi connectivity index (χ4n) is 4.39. The number of benzene rings is 4. The SMILES string of the molecule is CCN1C(=C2SC(=Nc3ccc(Oc4ccccc4)cc3)N(Cc3ccccc3)C2=O)Sc2ccc(Cl)cc21. The summed E-state index contributed by atoms with van der Waals surface area (Å²) >= 11 is 9.33. The van der Waals surface area contributed by atoms with Crippen LogP contribution >= 0.6 is 35.1 Å². The number of anilines is 1. The van der Waals surface area contributed by atoms with Crippen LogP contribution in [0.5, 0.6) is 11.5 Å². The van der Waals surface area contributed by atoms with Gasteiger partial charge in [-0.2, -0.15) is 0 Å². The van der Waals surface area contributed by atoms with Crippen molar-refractivity contribution >= 4 is 57.6 Å². The highest BCUT2D eigenvalue weighted by Gasteiger charge is 2.39. The Balaban J connectivity index is 1.34. The lowest BCUT2D eigenvalue weighted by molar-refractivity contribution is -0.122. The maximum atomic E-state index is 13.9. The van der Waals surface area contributed by atoms with E-state index in [-0.39, 0.29) is 5.91 Å². The minimum absolute atomic E-state index is 0.0495. The van der Waals surface area contributed by atoms with Gasteiger partial charge in [0.15, 0.2) is 5.17 Å². The standard InChI is InChI=1S/C31H24ClN3O2S2/c1-2-34-26-19-22(32)13-18-27(26)38-30(34)28-29(36)35(20-21-9-5-3-6-10-21)31(39-28)33-23-14-16-25(17-15-23)37-24-11-7-4-8-12-24/h3-19H,2,20H2,1H3. The van der Waals surface area contributed by atoms with Crippen LogP contribution in [0.4, 0.5) is 11.4 Å². The Morgan fingerprint density at radius 2 is 1.51 bits per heavy atom. The first-order valence-electron chi connectivity index (χ1n) is 12.5. The van der Waals surface area contributed by atoms with E-state index in [1.165, 1.54) is 11.8 Å². The van der Waals surface area contributed by atoms with Crippen molar-refractivity contribution in [3.63, 3.8) is 0 Å². The van der Waals surface area contributed by atoms with Crippen molar-refractivity contribution in [1.82, 2.24) is 4.90 Å². The number of halogens is 1. The van der Waals surface area contributed by atoms with Crippen LogP contribution in [0.1, 0.15) is 12.5 Å². The van der Waals surface area contributed by atoms with E-state index in [0.29, 0.717) is 21.6 Å². The second-order valence-electron chi connectivity index (χ2n) is 8.87. The third-order valence-corrected chi connectivity index (χ3v) is 8.88. The number of hydrogen-bond acceptors (Lipinski definition) is 6. The lowest BCUT2D eigenvalue weighted by Crippen LogP contribution is -2.29. The molecule has 0 atom stereocenters. The molecule has 8 heteroatoms. The van der Waals surface area contributed by atoms with Gasteiger partial charge in [-0.05, 0) is 78.8 Å². The molecule has 0 unspecified atom stereocenters. The van der Waals surface area contributed by atoms with E-state index in [4.69, 9.17) is 21.3 Å². The molecule has 0 aliphatic carbocycles. The molecule has 0 aromatic heterocycles. The van der Waals surface area contributed by atoms with E-state index >= 15 is 0 Å². The predicted molar refractivity (Wildman–Crippen MR) is 162 cm³/mol. The molecular formula is C31H24ClN3O2S2. The highest BCUT2D eigenvalue weighted by atomic mass is 35.5. The van der Waals surface area contributed by atoms with Gasteiger partial charge in [0, 0.05) is 16.5 Å². The number of amides is 1. The van der Waals surface area contributed by atoms with Crippen molar-refractivity contribution in [3.05, 3.63) is 124 Å². The van der Waals surface area contributed by atoms with Gasteiger partial charge < -0.3 is 9.64 Å². The first kappa shape index (κ1) is 25.6. The number of rotatable bonds is 6. The van der Waals surface area contributed by atoms with Crippen molar-refractivity contribution in [2.45, 2.75) is 18.4 Å².